The van der Waals surface area contributed by atoms with Crippen molar-refractivity contribution in [1.29, 1.82) is 0 Å². The molecule has 0 saturated carbocycles. The SMILES string of the molecule is OC(Cc1cccc(F)c1)c1ccc(Cl)cc1Cl. The maximum Gasteiger partial charge on any atom is 0.123 e. The molecule has 2 aromatic rings. The van der Waals surface area contributed by atoms with Gasteiger partial charge in [-0.1, -0.05) is 41.4 Å². The first-order valence-corrected chi connectivity index (χ1v) is 6.19. The highest BCUT2D eigenvalue weighted by Crippen LogP contribution is 2.28. The Labute approximate surface area is 115 Å². The molecule has 2 rings (SSSR count). The van der Waals surface area contributed by atoms with E-state index in [1.54, 1.807) is 30.3 Å². The van der Waals surface area contributed by atoms with E-state index in [1.807, 2.05) is 0 Å². The highest BCUT2D eigenvalue weighted by atomic mass is 35.5. The minimum Gasteiger partial charge on any atom is -0.388 e. The molecule has 94 valence electrons. The Morgan fingerprint density at radius 1 is 1.11 bits per heavy atom. The van der Waals surface area contributed by atoms with Crippen molar-refractivity contribution in [3.05, 3.63) is 69.5 Å². The molecule has 0 heterocycles. The first kappa shape index (κ1) is 13.3. The predicted octanol–water partition coefficient (Wildman–Crippen LogP) is 4.41. The smallest absolute Gasteiger partial charge is 0.123 e. The van der Waals surface area contributed by atoms with Gasteiger partial charge in [-0.25, -0.2) is 4.39 Å². The topological polar surface area (TPSA) is 20.2 Å². The molecular formula is C14H11Cl2FO. The third-order valence-corrected chi connectivity index (χ3v) is 3.20. The summed E-state index contributed by atoms with van der Waals surface area (Å²) >= 11 is 11.8. The summed E-state index contributed by atoms with van der Waals surface area (Å²) in [4.78, 5) is 0. The summed E-state index contributed by atoms with van der Waals surface area (Å²) in [6, 6.07) is 11.1. The van der Waals surface area contributed by atoms with E-state index in [-0.39, 0.29) is 5.82 Å². The molecule has 0 aliphatic carbocycles. The fourth-order valence-corrected chi connectivity index (χ4v) is 2.30. The first-order chi connectivity index (χ1) is 8.56. The van der Waals surface area contributed by atoms with Gasteiger partial charge >= 0.3 is 0 Å². The Hall–Kier alpha value is -1.09. The Balaban J connectivity index is 2.19. The van der Waals surface area contributed by atoms with Gasteiger partial charge in [-0.3, -0.25) is 0 Å². The van der Waals surface area contributed by atoms with Gasteiger partial charge < -0.3 is 5.11 Å². The number of hydrogen-bond donors (Lipinski definition) is 1. The average molecular weight is 285 g/mol. The van der Waals surface area contributed by atoms with E-state index in [0.717, 1.165) is 0 Å². The number of halogens is 3. The van der Waals surface area contributed by atoms with E-state index >= 15 is 0 Å². The Bertz CT molecular complexity index is 557. The Morgan fingerprint density at radius 2 is 1.89 bits per heavy atom. The van der Waals surface area contributed by atoms with Crippen molar-refractivity contribution in [1.82, 2.24) is 0 Å². The van der Waals surface area contributed by atoms with Crippen LogP contribution < -0.4 is 0 Å². The van der Waals surface area contributed by atoms with E-state index in [2.05, 4.69) is 0 Å². The van der Waals surface area contributed by atoms with Crippen molar-refractivity contribution in [2.75, 3.05) is 0 Å². The number of hydrogen-bond acceptors (Lipinski definition) is 1. The minimum atomic E-state index is -0.781. The highest BCUT2D eigenvalue weighted by Gasteiger charge is 2.13. The van der Waals surface area contributed by atoms with Crippen molar-refractivity contribution < 1.29 is 9.50 Å². The molecule has 0 saturated heterocycles. The van der Waals surface area contributed by atoms with Crippen LogP contribution in [0.5, 0.6) is 0 Å². The van der Waals surface area contributed by atoms with Gasteiger partial charge in [0.2, 0.25) is 0 Å². The van der Waals surface area contributed by atoms with Gasteiger partial charge in [0.1, 0.15) is 5.82 Å². The number of aliphatic hydroxyl groups is 1. The summed E-state index contributed by atoms with van der Waals surface area (Å²) in [7, 11) is 0. The van der Waals surface area contributed by atoms with E-state index in [9.17, 15) is 9.50 Å². The monoisotopic (exact) mass is 284 g/mol. The van der Waals surface area contributed by atoms with Crippen molar-refractivity contribution in [2.45, 2.75) is 12.5 Å². The summed E-state index contributed by atoms with van der Waals surface area (Å²) in [6.07, 6.45) is -0.476. The van der Waals surface area contributed by atoms with Crippen LogP contribution in [-0.2, 0) is 6.42 Å². The molecule has 0 radical (unpaired) electrons. The molecule has 1 atom stereocenters. The van der Waals surface area contributed by atoms with E-state index in [1.165, 1.54) is 12.1 Å². The predicted molar refractivity (Wildman–Crippen MR) is 71.5 cm³/mol. The van der Waals surface area contributed by atoms with Crippen LogP contribution in [0, 0.1) is 5.82 Å². The van der Waals surface area contributed by atoms with Crippen LogP contribution in [-0.4, -0.2) is 5.11 Å². The molecule has 2 aromatic carbocycles. The van der Waals surface area contributed by atoms with Gasteiger partial charge in [-0.15, -0.1) is 0 Å². The summed E-state index contributed by atoms with van der Waals surface area (Å²) in [5.74, 6) is -0.318. The van der Waals surface area contributed by atoms with E-state index in [0.29, 0.717) is 27.6 Å². The van der Waals surface area contributed by atoms with Gasteiger partial charge in [0.15, 0.2) is 0 Å². The van der Waals surface area contributed by atoms with Crippen LogP contribution in [0.15, 0.2) is 42.5 Å². The summed E-state index contributed by atoms with van der Waals surface area (Å²) < 4.78 is 13.0. The normalized spacial score (nSPS) is 12.4. The van der Waals surface area contributed by atoms with Crippen LogP contribution in [0.1, 0.15) is 17.2 Å². The fraction of sp³-hybridized carbons (Fsp3) is 0.143. The number of aliphatic hydroxyl groups excluding tert-OH is 1. The van der Waals surface area contributed by atoms with Crippen molar-refractivity contribution in [3.8, 4) is 0 Å². The second-order valence-corrected chi connectivity index (χ2v) is 4.86. The molecule has 0 aliphatic heterocycles. The molecule has 0 amide bonds. The molecule has 18 heavy (non-hydrogen) atoms. The van der Waals surface area contributed by atoms with Gasteiger partial charge in [0.05, 0.1) is 6.10 Å². The van der Waals surface area contributed by atoms with Crippen LogP contribution in [0.25, 0.3) is 0 Å². The molecule has 0 spiro atoms. The van der Waals surface area contributed by atoms with Gasteiger partial charge in [0.25, 0.3) is 0 Å². The summed E-state index contributed by atoms with van der Waals surface area (Å²) in [5, 5.41) is 11.0. The lowest BCUT2D eigenvalue weighted by molar-refractivity contribution is 0.178. The van der Waals surface area contributed by atoms with Crippen LogP contribution in [0.4, 0.5) is 4.39 Å². The molecule has 0 aromatic heterocycles. The number of rotatable bonds is 3. The molecule has 1 unspecified atom stereocenters. The number of benzene rings is 2. The maximum atomic E-state index is 13.0. The Kier molecular flexibility index (Phi) is 4.23. The zero-order chi connectivity index (χ0) is 13.1. The van der Waals surface area contributed by atoms with Crippen molar-refractivity contribution >= 4 is 23.2 Å². The van der Waals surface area contributed by atoms with Crippen LogP contribution in [0.2, 0.25) is 10.0 Å². The lowest BCUT2D eigenvalue weighted by Crippen LogP contribution is -2.02. The van der Waals surface area contributed by atoms with E-state index < -0.39 is 6.10 Å². The van der Waals surface area contributed by atoms with Gasteiger partial charge in [0, 0.05) is 16.5 Å². The standard InChI is InChI=1S/C14H11Cl2FO/c15-10-4-5-12(13(16)8-10)14(18)7-9-2-1-3-11(17)6-9/h1-6,8,14,18H,7H2. The molecule has 4 heteroatoms. The summed E-state index contributed by atoms with van der Waals surface area (Å²) in [6.45, 7) is 0. The molecule has 0 bridgehead atoms. The van der Waals surface area contributed by atoms with Crippen molar-refractivity contribution in [3.63, 3.8) is 0 Å². The zero-order valence-electron chi connectivity index (χ0n) is 9.41. The van der Waals surface area contributed by atoms with Crippen molar-refractivity contribution in [2.24, 2.45) is 0 Å². The minimum absolute atomic E-state index is 0.305. The maximum absolute atomic E-state index is 13.0. The first-order valence-electron chi connectivity index (χ1n) is 5.44. The second kappa shape index (κ2) is 5.70. The largest absolute Gasteiger partial charge is 0.388 e. The third kappa shape index (κ3) is 3.22. The molecule has 1 nitrogen and oxygen atoms in total. The zero-order valence-corrected chi connectivity index (χ0v) is 10.9. The lowest BCUT2D eigenvalue weighted by Gasteiger charge is -2.13. The molecule has 0 aliphatic rings. The average Bonchev–Trinajstić information content (AvgIpc) is 2.28. The lowest BCUT2D eigenvalue weighted by atomic mass is 10.0. The highest BCUT2D eigenvalue weighted by molar-refractivity contribution is 6.35. The molecule has 1 N–H and O–H groups in total. The quantitative estimate of drug-likeness (QED) is 0.885. The van der Waals surface area contributed by atoms with Crippen LogP contribution >= 0.6 is 23.2 Å². The van der Waals surface area contributed by atoms with E-state index in [4.69, 9.17) is 23.2 Å². The van der Waals surface area contributed by atoms with Crippen LogP contribution in [0.3, 0.4) is 0 Å². The fourth-order valence-electron chi connectivity index (χ4n) is 1.77. The third-order valence-electron chi connectivity index (χ3n) is 2.64. The molecule has 0 fully saturated rings. The summed E-state index contributed by atoms with van der Waals surface area (Å²) in [5.41, 5.74) is 1.30. The second-order valence-electron chi connectivity index (χ2n) is 4.02. The molecular weight excluding hydrogens is 274 g/mol. The van der Waals surface area contributed by atoms with Gasteiger partial charge in [-0.2, -0.15) is 0 Å². The van der Waals surface area contributed by atoms with Gasteiger partial charge in [-0.05, 0) is 35.4 Å². The Morgan fingerprint density at radius 3 is 2.56 bits per heavy atom.